The van der Waals surface area contributed by atoms with E-state index in [9.17, 15) is 14.7 Å². The summed E-state index contributed by atoms with van der Waals surface area (Å²) in [5, 5.41) is 12.9. The highest BCUT2D eigenvalue weighted by Crippen LogP contribution is 2.27. The van der Waals surface area contributed by atoms with E-state index < -0.39 is 6.04 Å². The maximum atomic E-state index is 11.6. The molecule has 2 N–H and O–H groups in total. The molecule has 2 rings (SSSR count). The number of amides is 2. The molecule has 6 heteroatoms. The van der Waals surface area contributed by atoms with Gasteiger partial charge in [-0.25, -0.2) is 0 Å². The van der Waals surface area contributed by atoms with Gasteiger partial charge in [0.15, 0.2) is 0 Å². The van der Waals surface area contributed by atoms with Crippen molar-refractivity contribution in [1.29, 1.82) is 0 Å². The van der Waals surface area contributed by atoms with Gasteiger partial charge in [0.2, 0.25) is 11.8 Å². The van der Waals surface area contributed by atoms with Crippen LogP contribution in [0.4, 0.5) is 0 Å². The van der Waals surface area contributed by atoms with Crippen molar-refractivity contribution in [3.05, 3.63) is 28.8 Å². The number of likely N-dealkylation sites (tertiary alicyclic amines) is 1. The van der Waals surface area contributed by atoms with Crippen molar-refractivity contribution in [3.63, 3.8) is 0 Å². The normalized spacial score (nSPS) is 19.7. The van der Waals surface area contributed by atoms with Gasteiger partial charge in [-0.15, -0.1) is 0 Å². The summed E-state index contributed by atoms with van der Waals surface area (Å²) in [6.45, 7) is 0.282. The van der Waals surface area contributed by atoms with Gasteiger partial charge in [-0.3, -0.25) is 14.5 Å². The van der Waals surface area contributed by atoms with Crippen LogP contribution in [-0.4, -0.2) is 34.9 Å². The second-order valence-corrected chi connectivity index (χ2v) is 4.58. The first kappa shape index (κ1) is 12.9. The Hall–Kier alpha value is -1.59. The summed E-state index contributed by atoms with van der Waals surface area (Å²) in [6.07, 6.45) is 0.149. The lowest BCUT2D eigenvalue weighted by molar-refractivity contribution is -0.137. The summed E-state index contributed by atoms with van der Waals surface area (Å²) in [5.41, 5.74) is 0.595. The van der Waals surface area contributed by atoms with E-state index >= 15 is 0 Å². The predicted molar refractivity (Wildman–Crippen MR) is 66.1 cm³/mol. The number of benzene rings is 1. The van der Waals surface area contributed by atoms with Gasteiger partial charge in [0.05, 0.1) is 17.5 Å². The largest absolute Gasteiger partial charge is 0.506 e. The van der Waals surface area contributed by atoms with Crippen LogP contribution in [0.3, 0.4) is 0 Å². The maximum absolute atomic E-state index is 11.6. The molecule has 0 bridgehead atoms. The maximum Gasteiger partial charge on any atom is 0.246 e. The van der Waals surface area contributed by atoms with E-state index in [0.717, 1.165) is 4.90 Å². The van der Waals surface area contributed by atoms with Crippen molar-refractivity contribution in [2.24, 2.45) is 0 Å². The van der Waals surface area contributed by atoms with Crippen molar-refractivity contribution in [2.45, 2.75) is 19.0 Å². The third kappa shape index (κ3) is 2.32. The number of nitrogens with one attached hydrogen (secondary N) is 1. The third-order valence-corrected chi connectivity index (χ3v) is 3.30. The van der Waals surface area contributed by atoms with Crippen molar-refractivity contribution < 1.29 is 14.7 Å². The Bertz CT molecular complexity index is 504. The topological polar surface area (TPSA) is 69.6 Å². The SMILES string of the molecule is CN1C(=O)CC(NCc2cccc(Cl)c2O)C1=O. The van der Waals surface area contributed by atoms with Crippen LogP contribution in [0.1, 0.15) is 12.0 Å². The number of para-hydroxylation sites is 1. The number of rotatable bonds is 3. The lowest BCUT2D eigenvalue weighted by Gasteiger charge is -2.12. The van der Waals surface area contributed by atoms with E-state index in [1.807, 2.05) is 0 Å². The second-order valence-electron chi connectivity index (χ2n) is 4.18. The summed E-state index contributed by atoms with van der Waals surface area (Å²) in [4.78, 5) is 24.1. The van der Waals surface area contributed by atoms with Crippen LogP contribution in [0.2, 0.25) is 5.02 Å². The molecule has 0 spiro atoms. The first-order chi connectivity index (χ1) is 8.50. The Morgan fingerprint density at radius 1 is 1.50 bits per heavy atom. The number of nitrogens with zero attached hydrogens (tertiary/aromatic N) is 1. The first-order valence-corrected chi connectivity index (χ1v) is 5.88. The Morgan fingerprint density at radius 2 is 2.22 bits per heavy atom. The number of phenolic OH excluding ortho intramolecular Hbond substituents is 1. The number of hydrogen-bond acceptors (Lipinski definition) is 4. The zero-order valence-electron chi connectivity index (χ0n) is 9.81. The van der Waals surface area contributed by atoms with Crippen LogP contribution in [0.25, 0.3) is 0 Å². The molecule has 1 fully saturated rings. The van der Waals surface area contributed by atoms with Crippen molar-refractivity contribution in [2.75, 3.05) is 7.05 Å². The van der Waals surface area contributed by atoms with E-state index in [2.05, 4.69) is 5.32 Å². The van der Waals surface area contributed by atoms with E-state index in [1.54, 1.807) is 18.2 Å². The summed E-state index contributed by atoms with van der Waals surface area (Å²) >= 11 is 5.78. The Morgan fingerprint density at radius 3 is 2.83 bits per heavy atom. The Balaban J connectivity index is 2.03. The van der Waals surface area contributed by atoms with E-state index in [4.69, 9.17) is 11.6 Å². The van der Waals surface area contributed by atoms with Gasteiger partial charge in [-0.1, -0.05) is 23.7 Å². The number of imide groups is 1. The molecule has 1 aliphatic heterocycles. The van der Waals surface area contributed by atoms with Crippen molar-refractivity contribution in [3.8, 4) is 5.75 Å². The summed E-state index contributed by atoms with van der Waals surface area (Å²) < 4.78 is 0. The van der Waals surface area contributed by atoms with Crippen LogP contribution >= 0.6 is 11.6 Å². The zero-order chi connectivity index (χ0) is 13.3. The highest BCUT2D eigenvalue weighted by atomic mass is 35.5. The van der Waals surface area contributed by atoms with Gasteiger partial charge < -0.3 is 10.4 Å². The number of hydrogen-bond donors (Lipinski definition) is 2. The molecule has 1 aromatic rings. The minimum Gasteiger partial charge on any atom is -0.506 e. The smallest absolute Gasteiger partial charge is 0.246 e. The van der Waals surface area contributed by atoms with Gasteiger partial charge in [0.1, 0.15) is 5.75 Å². The molecule has 0 radical (unpaired) electrons. The molecule has 0 saturated carbocycles. The molecular formula is C12H13ClN2O3. The molecule has 0 aromatic heterocycles. The quantitative estimate of drug-likeness (QED) is 0.799. The molecule has 5 nitrogen and oxygen atoms in total. The second kappa shape index (κ2) is 4.96. The van der Waals surface area contributed by atoms with E-state index in [-0.39, 0.29) is 35.6 Å². The minimum atomic E-state index is -0.527. The fourth-order valence-corrected chi connectivity index (χ4v) is 2.04. The third-order valence-electron chi connectivity index (χ3n) is 2.99. The highest BCUT2D eigenvalue weighted by molar-refractivity contribution is 6.32. The number of aromatic hydroxyl groups is 1. The number of halogens is 1. The number of phenols is 1. The van der Waals surface area contributed by atoms with Crippen molar-refractivity contribution >= 4 is 23.4 Å². The molecule has 1 atom stereocenters. The number of likely N-dealkylation sites (N-methyl/N-ethyl adjacent to an activating group) is 1. The molecule has 96 valence electrons. The van der Waals surface area contributed by atoms with Crippen LogP contribution in [0.5, 0.6) is 5.75 Å². The van der Waals surface area contributed by atoms with E-state index in [0.29, 0.717) is 5.56 Å². The molecule has 0 aliphatic carbocycles. The van der Waals surface area contributed by atoms with Gasteiger partial charge >= 0.3 is 0 Å². The van der Waals surface area contributed by atoms with Crippen LogP contribution < -0.4 is 5.32 Å². The van der Waals surface area contributed by atoms with Gasteiger partial charge in [-0.05, 0) is 6.07 Å². The lowest BCUT2D eigenvalue weighted by atomic mass is 10.1. The van der Waals surface area contributed by atoms with Crippen molar-refractivity contribution in [1.82, 2.24) is 10.2 Å². The molecule has 18 heavy (non-hydrogen) atoms. The monoisotopic (exact) mass is 268 g/mol. The lowest BCUT2D eigenvalue weighted by Crippen LogP contribution is -2.36. The summed E-state index contributed by atoms with van der Waals surface area (Å²) in [7, 11) is 1.46. The fourth-order valence-electron chi connectivity index (χ4n) is 1.85. The summed E-state index contributed by atoms with van der Waals surface area (Å²) in [5.74, 6) is -0.453. The van der Waals surface area contributed by atoms with E-state index in [1.165, 1.54) is 7.05 Å². The molecular weight excluding hydrogens is 256 g/mol. The molecule has 1 aromatic carbocycles. The van der Waals surface area contributed by atoms with Gasteiger partial charge in [-0.2, -0.15) is 0 Å². The minimum absolute atomic E-state index is 0.00297. The zero-order valence-corrected chi connectivity index (χ0v) is 10.6. The van der Waals surface area contributed by atoms with Gasteiger partial charge in [0.25, 0.3) is 0 Å². The number of carbonyl (C=O) groups is 2. The predicted octanol–water partition coefficient (Wildman–Crippen LogP) is 0.892. The molecule has 1 saturated heterocycles. The molecule has 1 aliphatic rings. The fraction of sp³-hybridized carbons (Fsp3) is 0.333. The average Bonchev–Trinajstić information content (AvgIpc) is 2.59. The first-order valence-electron chi connectivity index (χ1n) is 5.51. The Labute approximate surface area is 109 Å². The molecule has 1 heterocycles. The highest BCUT2D eigenvalue weighted by Gasteiger charge is 2.35. The average molecular weight is 269 g/mol. The van der Waals surface area contributed by atoms with Gasteiger partial charge in [0, 0.05) is 19.2 Å². The van der Waals surface area contributed by atoms with Crippen LogP contribution in [0, 0.1) is 0 Å². The van der Waals surface area contributed by atoms with Crippen LogP contribution in [-0.2, 0) is 16.1 Å². The summed E-state index contributed by atoms with van der Waals surface area (Å²) in [6, 6.07) is 4.48. The standard InChI is InChI=1S/C12H13ClN2O3/c1-15-10(16)5-9(12(15)18)14-6-7-3-2-4-8(13)11(7)17/h2-4,9,14,17H,5-6H2,1H3. The molecule has 2 amide bonds. The van der Waals surface area contributed by atoms with Crippen LogP contribution in [0.15, 0.2) is 18.2 Å². The number of carbonyl (C=O) groups excluding carboxylic acids is 2. The Kier molecular flexibility index (Phi) is 3.54. The molecule has 1 unspecified atom stereocenters.